The van der Waals surface area contributed by atoms with Crippen LogP contribution in [0.25, 0.3) is 0 Å². The summed E-state index contributed by atoms with van der Waals surface area (Å²) >= 11 is 0. The lowest BCUT2D eigenvalue weighted by molar-refractivity contribution is -0.139. The molecule has 0 saturated carbocycles. The van der Waals surface area contributed by atoms with Gasteiger partial charge in [-0.3, -0.25) is 9.59 Å². The lowest BCUT2D eigenvalue weighted by atomic mass is 9.97. The Morgan fingerprint density at radius 1 is 1.27 bits per heavy atom. The van der Waals surface area contributed by atoms with Crippen LogP contribution in [0.4, 0.5) is 0 Å². The zero-order chi connectivity index (χ0) is 18.4. The summed E-state index contributed by atoms with van der Waals surface area (Å²) in [5.74, 6) is 1.12. The minimum absolute atomic E-state index is 0.0161. The molecule has 0 bridgehead atoms. The molecule has 3 unspecified atom stereocenters. The van der Waals surface area contributed by atoms with Gasteiger partial charge in [-0.15, -0.1) is 0 Å². The summed E-state index contributed by atoms with van der Waals surface area (Å²) in [7, 11) is 0. The van der Waals surface area contributed by atoms with Gasteiger partial charge in [0.1, 0.15) is 5.75 Å². The first kappa shape index (κ1) is 18.7. The molecule has 142 valence electrons. The monoisotopic (exact) mass is 359 g/mol. The van der Waals surface area contributed by atoms with Crippen molar-refractivity contribution in [2.75, 3.05) is 26.2 Å². The molecule has 2 saturated heterocycles. The molecule has 0 spiro atoms. The highest BCUT2D eigenvalue weighted by Crippen LogP contribution is 2.19. The van der Waals surface area contributed by atoms with E-state index < -0.39 is 6.10 Å². The van der Waals surface area contributed by atoms with Gasteiger partial charge in [-0.2, -0.15) is 0 Å². The predicted molar refractivity (Wildman–Crippen MR) is 99.9 cm³/mol. The minimum atomic E-state index is -0.506. The minimum Gasteiger partial charge on any atom is -0.481 e. The van der Waals surface area contributed by atoms with Crippen molar-refractivity contribution in [2.24, 2.45) is 5.92 Å². The number of benzene rings is 1. The molecule has 0 radical (unpaired) electrons. The standard InChI is InChI=1S/C20H29N3O3/c1-15(26-17-8-3-2-4-9-17)20(25)23-12-6-7-16(14-23)13-22-19(24)18-10-5-11-21-18/h2-4,8-9,15-16,18,21H,5-7,10-14H2,1H3,(H,22,24). The molecular formula is C20H29N3O3. The Balaban J connectivity index is 1.46. The fraction of sp³-hybridized carbons (Fsp3) is 0.600. The largest absolute Gasteiger partial charge is 0.481 e. The van der Waals surface area contributed by atoms with Gasteiger partial charge in [0.25, 0.3) is 5.91 Å². The molecule has 2 fully saturated rings. The van der Waals surface area contributed by atoms with E-state index in [0.717, 1.165) is 38.8 Å². The first-order valence-corrected chi connectivity index (χ1v) is 9.65. The van der Waals surface area contributed by atoms with Crippen LogP contribution in [0.5, 0.6) is 5.75 Å². The maximum atomic E-state index is 12.7. The van der Waals surface area contributed by atoms with E-state index in [1.165, 1.54) is 0 Å². The molecule has 2 heterocycles. The third-order valence-electron chi connectivity index (χ3n) is 5.18. The summed E-state index contributed by atoms with van der Waals surface area (Å²) in [5, 5.41) is 6.27. The Morgan fingerprint density at radius 2 is 2.08 bits per heavy atom. The van der Waals surface area contributed by atoms with E-state index in [1.807, 2.05) is 35.2 Å². The molecule has 3 atom stereocenters. The fourth-order valence-electron chi connectivity index (χ4n) is 3.72. The quantitative estimate of drug-likeness (QED) is 0.809. The fourth-order valence-corrected chi connectivity index (χ4v) is 3.72. The molecule has 2 aliphatic rings. The van der Waals surface area contributed by atoms with Gasteiger partial charge >= 0.3 is 0 Å². The molecule has 6 heteroatoms. The SMILES string of the molecule is CC(Oc1ccccc1)C(=O)N1CCCC(CNC(=O)C2CCCN2)C1. The molecule has 1 aromatic carbocycles. The summed E-state index contributed by atoms with van der Waals surface area (Å²) in [6.07, 6.45) is 3.47. The second-order valence-electron chi connectivity index (χ2n) is 7.26. The molecule has 2 N–H and O–H groups in total. The zero-order valence-corrected chi connectivity index (χ0v) is 15.4. The van der Waals surface area contributed by atoms with E-state index in [2.05, 4.69) is 10.6 Å². The number of piperidine rings is 1. The Kier molecular flexibility index (Phi) is 6.50. The van der Waals surface area contributed by atoms with Gasteiger partial charge in [-0.05, 0) is 57.2 Å². The molecule has 1 aromatic rings. The number of hydrogen-bond acceptors (Lipinski definition) is 4. The normalized spacial score (nSPS) is 24.1. The van der Waals surface area contributed by atoms with Crippen molar-refractivity contribution in [3.8, 4) is 5.75 Å². The van der Waals surface area contributed by atoms with Gasteiger partial charge < -0.3 is 20.3 Å². The number of rotatable bonds is 6. The van der Waals surface area contributed by atoms with E-state index in [0.29, 0.717) is 24.8 Å². The summed E-state index contributed by atoms with van der Waals surface area (Å²) in [6.45, 7) is 4.79. The zero-order valence-electron chi connectivity index (χ0n) is 15.4. The van der Waals surface area contributed by atoms with Crippen molar-refractivity contribution in [2.45, 2.75) is 44.8 Å². The van der Waals surface area contributed by atoms with Gasteiger partial charge in [0.05, 0.1) is 6.04 Å². The third-order valence-corrected chi connectivity index (χ3v) is 5.18. The van der Waals surface area contributed by atoms with Gasteiger partial charge in [0, 0.05) is 19.6 Å². The topological polar surface area (TPSA) is 70.7 Å². The second-order valence-corrected chi connectivity index (χ2v) is 7.26. The molecule has 3 rings (SSSR count). The smallest absolute Gasteiger partial charge is 0.263 e. The maximum Gasteiger partial charge on any atom is 0.263 e. The number of ether oxygens (including phenoxy) is 1. The van der Waals surface area contributed by atoms with Crippen LogP contribution in [0.3, 0.4) is 0 Å². The van der Waals surface area contributed by atoms with E-state index in [1.54, 1.807) is 6.92 Å². The first-order valence-electron chi connectivity index (χ1n) is 9.65. The Hall–Kier alpha value is -2.08. The van der Waals surface area contributed by atoms with E-state index in [9.17, 15) is 9.59 Å². The van der Waals surface area contributed by atoms with Crippen molar-refractivity contribution in [3.63, 3.8) is 0 Å². The number of hydrogen-bond donors (Lipinski definition) is 2. The number of nitrogens with zero attached hydrogens (tertiary/aromatic N) is 1. The number of nitrogens with one attached hydrogen (secondary N) is 2. The number of carbonyl (C=O) groups excluding carboxylic acids is 2. The van der Waals surface area contributed by atoms with Crippen LogP contribution in [0.2, 0.25) is 0 Å². The third kappa shape index (κ3) is 4.97. The van der Waals surface area contributed by atoms with Crippen LogP contribution >= 0.6 is 0 Å². The van der Waals surface area contributed by atoms with Crippen LogP contribution in [-0.2, 0) is 9.59 Å². The Bertz CT molecular complexity index is 602. The highest BCUT2D eigenvalue weighted by molar-refractivity contribution is 5.82. The average molecular weight is 359 g/mol. The van der Waals surface area contributed by atoms with Gasteiger partial charge in [-0.1, -0.05) is 18.2 Å². The van der Waals surface area contributed by atoms with Crippen molar-refractivity contribution in [1.29, 1.82) is 0 Å². The number of carbonyl (C=O) groups is 2. The number of likely N-dealkylation sites (tertiary alicyclic amines) is 1. The second kappa shape index (κ2) is 9.03. The summed E-state index contributed by atoms with van der Waals surface area (Å²) in [6, 6.07) is 9.38. The van der Waals surface area contributed by atoms with Crippen LogP contribution in [0, 0.1) is 5.92 Å². The molecule has 0 aromatic heterocycles. The number of amides is 2. The molecule has 2 amide bonds. The van der Waals surface area contributed by atoms with Crippen molar-refractivity contribution >= 4 is 11.8 Å². The van der Waals surface area contributed by atoms with Gasteiger partial charge in [0.2, 0.25) is 5.91 Å². The molecule has 6 nitrogen and oxygen atoms in total. The predicted octanol–water partition coefficient (Wildman–Crippen LogP) is 1.56. The lowest BCUT2D eigenvalue weighted by Gasteiger charge is -2.34. The van der Waals surface area contributed by atoms with Crippen LogP contribution in [-0.4, -0.2) is 55.0 Å². The maximum absolute atomic E-state index is 12.7. The van der Waals surface area contributed by atoms with Crippen molar-refractivity contribution in [1.82, 2.24) is 15.5 Å². The average Bonchev–Trinajstić information content (AvgIpc) is 3.21. The van der Waals surface area contributed by atoms with Crippen LogP contribution < -0.4 is 15.4 Å². The Labute approximate surface area is 155 Å². The molecule has 26 heavy (non-hydrogen) atoms. The molecule has 2 aliphatic heterocycles. The van der Waals surface area contributed by atoms with E-state index in [4.69, 9.17) is 4.74 Å². The highest BCUT2D eigenvalue weighted by atomic mass is 16.5. The lowest BCUT2D eigenvalue weighted by Crippen LogP contribution is -2.49. The molecule has 0 aliphatic carbocycles. The van der Waals surface area contributed by atoms with Crippen LogP contribution in [0.1, 0.15) is 32.6 Å². The first-order chi connectivity index (χ1) is 12.6. The number of para-hydroxylation sites is 1. The summed E-state index contributed by atoms with van der Waals surface area (Å²) < 4.78 is 5.76. The van der Waals surface area contributed by atoms with Crippen LogP contribution in [0.15, 0.2) is 30.3 Å². The van der Waals surface area contributed by atoms with Gasteiger partial charge in [-0.25, -0.2) is 0 Å². The Morgan fingerprint density at radius 3 is 2.81 bits per heavy atom. The highest BCUT2D eigenvalue weighted by Gasteiger charge is 2.29. The van der Waals surface area contributed by atoms with Crippen molar-refractivity contribution < 1.29 is 14.3 Å². The summed E-state index contributed by atoms with van der Waals surface area (Å²) in [5.41, 5.74) is 0. The van der Waals surface area contributed by atoms with E-state index >= 15 is 0 Å². The van der Waals surface area contributed by atoms with E-state index in [-0.39, 0.29) is 17.9 Å². The molecular weight excluding hydrogens is 330 g/mol. The van der Waals surface area contributed by atoms with Gasteiger partial charge in [0.15, 0.2) is 6.10 Å². The van der Waals surface area contributed by atoms with Crippen molar-refractivity contribution in [3.05, 3.63) is 30.3 Å². The summed E-state index contributed by atoms with van der Waals surface area (Å²) in [4.78, 5) is 26.7.